The first-order valence-electron chi connectivity index (χ1n) is 8.26. The zero-order chi connectivity index (χ0) is 16.7. The number of hydrogen-bond donors (Lipinski definition) is 2. The van der Waals surface area contributed by atoms with E-state index in [1.165, 1.54) is 4.88 Å². The maximum absolute atomic E-state index is 5.86. The number of rotatable bonds is 6. The molecule has 0 amide bonds. The van der Waals surface area contributed by atoms with Gasteiger partial charge in [0.2, 0.25) is 0 Å². The zero-order valence-corrected chi connectivity index (χ0v) is 15.4. The summed E-state index contributed by atoms with van der Waals surface area (Å²) in [6.45, 7) is 12.0. The average molecular weight is 340 g/mol. The Labute approximate surface area is 143 Å². The molecule has 0 bridgehead atoms. The molecule has 6 nitrogen and oxygen atoms in total. The third kappa shape index (κ3) is 6.08. The monoisotopic (exact) mass is 339 g/mol. The van der Waals surface area contributed by atoms with Gasteiger partial charge in [-0.1, -0.05) is 13.8 Å². The summed E-state index contributed by atoms with van der Waals surface area (Å²) in [6.07, 6.45) is 0.214. The van der Waals surface area contributed by atoms with E-state index in [9.17, 15) is 0 Å². The first-order chi connectivity index (χ1) is 11.1. The van der Waals surface area contributed by atoms with Crippen LogP contribution in [0.3, 0.4) is 0 Å². The van der Waals surface area contributed by atoms with Crippen LogP contribution in [-0.4, -0.2) is 61.8 Å². The minimum absolute atomic E-state index is 0.214. The highest BCUT2D eigenvalue weighted by Gasteiger charge is 2.21. The molecule has 2 heterocycles. The molecular formula is C16H29N5OS. The first kappa shape index (κ1) is 18.2. The fraction of sp³-hybridized carbons (Fsp3) is 0.750. The molecule has 0 spiro atoms. The van der Waals surface area contributed by atoms with Gasteiger partial charge in [-0.15, -0.1) is 11.3 Å². The second-order valence-corrected chi connectivity index (χ2v) is 7.25. The summed E-state index contributed by atoms with van der Waals surface area (Å²) in [4.78, 5) is 12.3. The van der Waals surface area contributed by atoms with Crippen LogP contribution in [0.4, 0.5) is 0 Å². The molecule has 1 saturated heterocycles. The van der Waals surface area contributed by atoms with Crippen molar-refractivity contribution in [1.82, 2.24) is 20.5 Å². The summed E-state index contributed by atoms with van der Waals surface area (Å²) < 4.78 is 5.86. The lowest BCUT2D eigenvalue weighted by atomic mass is 10.2. The molecule has 2 N–H and O–H groups in total. The lowest BCUT2D eigenvalue weighted by Crippen LogP contribution is -2.50. The van der Waals surface area contributed by atoms with E-state index in [0.717, 1.165) is 51.0 Å². The fourth-order valence-electron chi connectivity index (χ4n) is 2.68. The van der Waals surface area contributed by atoms with E-state index in [-0.39, 0.29) is 6.10 Å². The summed E-state index contributed by atoms with van der Waals surface area (Å²) in [7, 11) is 1.79. The molecule has 7 heteroatoms. The Hall–Kier alpha value is -1.18. The van der Waals surface area contributed by atoms with Crippen molar-refractivity contribution >= 4 is 17.3 Å². The van der Waals surface area contributed by atoms with Gasteiger partial charge >= 0.3 is 0 Å². The molecule has 0 aromatic carbocycles. The van der Waals surface area contributed by atoms with E-state index in [0.29, 0.717) is 5.92 Å². The number of aliphatic imine (C=N–C) groups is 1. The van der Waals surface area contributed by atoms with E-state index >= 15 is 0 Å². The lowest BCUT2D eigenvalue weighted by Gasteiger charge is -2.34. The van der Waals surface area contributed by atoms with Crippen LogP contribution in [0.15, 0.2) is 10.5 Å². The second-order valence-electron chi connectivity index (χ2n) is 6.31. The van der Waals surface area contributed by atoms with Gasteiger partial charge < -0.3 is 15.4 Å². The predicted octanol–water partition coefficient (Wildman–Crippen LogP) is 1.47. The highest BCUT2D eigenvalue weighted by Crippen LogP contribution is 2.11. The Morgan fingerprint density at radius 3 is 3.00 bits per heavy atom. The molecule has 0 saturated carbocycles. The van der Waals surface area contributed by atoms with Crippen LogP contribution in [0.5, 0.6) is 0 Å². The smallest absolute Gasteiger partial charge is 0.191 e. The van der Waals surface area contributed by atoms with Crippen molar-refractivity contribution in [3.8, 4) is 0 Å². The van der Waals surface area contributed by atoms with Crippen LogP contribution in [0.2, 0.25) is 0 Å². The molecule has 0 aliphatic carbocycles. The highest BCUT2D eigenvalue weighted by atomic mass is 32.1. The fourth-order valence-corrected chi connectivity index (χ4v) is 3.39. The Bertz CT molecular complexity index is 502. The molecule has 1 aromatic heterocycles. The topological polar surface area (TPSA) is 61.8 Å². The Balaban J connectivity index is 1.73. The largest absolute Gasteiger partial charge is 0.374 e. The number of hydrogen-bond acceptors (Lipinski definition) is 5. The predicted molar refractivity (Wildman–Crippen MR) is 96.1 cm³/mol. The molecule has 1 fully saturated rings. The number of guanidine groups is 1. The number of thiazole rings is 1. The number of morpholine rings is 1. The van der Waals surface area contributed by atoms with Gasteiger partial charge in [-0.3, -0.25) is 9.89 Å². The molecule has 23 heavy (non-hydrogen) atoms. The summed E-state index contributed by atoms with van der Waals surface area (Å²) in [5.74, 6) is 1.50. The maximum Gasteiger partial charge on any atom is 0.191 e. The minimum Gasteiger partial charge on any atom is -0.374 e. The van der Waals surface area contributed by atoms with Crippen molar-refractivity contribution in [2.45, 2.75) is 33.4 Å². The summed E-state index contributed by atoms with van der Waals surface area (Å²) in [6, 6.07) is 0. The number of aryl methyl sites for hydroxylation is 1. The van der Waals surface area contributed by atoms with Gasteiger partial charge in [-0.25, -0.2) is 4.98 Å². The first-order valence-corrected chi connectivity index (χ1v) is 9.14. The quantitative estimate of drug-likeness (QED) is 0.607. The van der Waals surface area contributed by atoms with Crippen LogP contribution in [0.1, 0.15) is 24.4 Å². The summed E-state index contributed by atoms with van der Waals surface area (Å²) in [5, 5.41) is 6.70. The molecule has 1 atom stereocenters. The third-order valence-electron chi connectivity index (χ3n) is 3.83. The third-order valence-corrected chi connectivity index (χ3v) is 4.76. The molecular weight excluding hydrogens is 310 g/mol. The zero-order valence-electron chi connectivity index (χ0n) is 14.6. The lowest BCUT2D eigenvalue weighted by molar-refractivity contribution is -0.0284. The standard InChI is InChI=1S/C16H29N5OS/c1-12(2)9-21-5-6-22-14(10-21)7-18-16(17-4)19-8-15-13(3)20-11-23-15/h11-12,14H,5-10H2,1-4H3,(H2,17,18,19). The van der Waals surface area contributed by atoms with Gasteiger partial charge in [0.1, 0.15) is 0 Å². The van der Waals surface area contributed by atoms with Crippen LogP contribution in [0, 0.1) is 12.8 Å². The Morgan fingerprint density at radius 1 is 1.52 bits per heavy atom. The van der Waals surface area contributed by atoms with E-state index in [1.54, 1.807) is 18.4 Å². The van der Waals surface area contributed by atoms with Gasteiger partial charge in [0.25, 0.3) is 0 Å². The van der Waals surface area contributed by atoms with Crippen LogP contribution < -0.4 is 10.6 Å². The van der Waals surface area contributed by atoms with Crippen molar-refractivity contribution in [1.29, 1.82) is 0 Å². The Morgan fingerprint density at radius 2 is 2.35 bits per heavy atom. The molecule has 1 aliphatic heterocycles. The minimum atomic E-state index is 0.214. The van der Waals surface area contributed by atoms with Crippen molar-refractivity contribution in [3.63, 3.8) is 0 Å². The van der Waals surface area contributed by atoms with Gasteiger partial charge in [0.15, 0.2) is 5.96 Å². The van der Waals surface area contributed by atoms with Gasteiger partial charge in [-0.2, -0.15) is 0 Å². The van der Waals surface area contributed by atoms with Crippen molar-refractivity contribution in [2.75, 3.05) is 39.8 Å². The van der Waals surface area contributed by atoms with Crippen molar-refractivity contribution < 1.29 is 4.74 Å². The number of nitrogens with zero attached hydrogens (tertiary/aromatic N) is 3. The second kappa shape index (κ2) is 9.20. The Kier molecular flexibility index (Phi) is 7.26. The van der Waals surface area contributed by atoms with Gasteiger partial charge in [0.05, 0.1) is 30.5 Å². The normalized spacial score (nSPS) is 20.0. The summed E-state index contributed by atoms with van der Waals surface area (Å²) in [5.41, 5.74) is 2.96. The van der Waals surface area contributed by atoms with Crippen LogP contribution >= 0.6 is 11.3 Å². The van der Waals surface area contributed by atoms with Crippen molar-refractivity contribution in [2.24, 2.45) is 10.9 Å². The number of ether oxygens (including phenoxy) is 1. The van der Waals surface area contributed by atoms with Gasteiger partial charge in [-0.05, 0) is 12.8 Å². The number of aromatic nitrogens is 1. The van der Waals surface area contributed by atoms with Gasteiger partial charge in [0, 0.05) is 38.1 Å². The highest BCUT2D eigenvalue weighted by molar-refractivity contribution is 7.09. The molecule has 130 valence electrons. The van der Waals surface area contributed by atoms with Crippen LogP contribution in [-0.2, 0) is 11.3 Å². The molecule has 0 radical (unpaired) electrons. The molecule has 1 aliphatic rings. The maximum atomic E-state index is 5.86. The summed E-state index contributed by atoms with van der Waals surface area (Å²) >= 11 is 1.67. The van der Waals surface area contributed by atoms with E-state index < -0.39 is 0 Å². The van der Waals surface area contributed by atoms with E-state index in [4.69, 9.17) is 4.74 Å². The SMILES string of the molecule is CN=C(NCc1scnc1C)NCC1CN(CC(C)C)CCO1. The van der Waals surface area contributed by atoms with E-state index in [1.807, 2.05) is 12.4 Å². The number of nitrogens with one attached hydrogen (secondary N) is 2. The molecule has 2 rings (SSSR count). The molecule has 1 unspecified atom stereocenters. The molecule has 1 aromatic rings. The van der Waals surface area contributed by atoms with Crippen molar-refractivity contribution in [3.05, 3.63) is 16.1 Å². The van der Waals surface area contributed by atoms with Crippen LogP contribution in [0.25, 0.3) is 0 Å². The average Bonchev–Trinajstić information content (AvgIpc) is 2.92. The van der Waals surface area contributed by atoms with E-state index in [2.05, 4.69) is 39.4 Å².